The predicted octanol–water partition coefficient (Wildman–Crippen LogP) is 5.39. The van der Waals surface area contributed by atoms with Gasteiger partial charge in [-0.3, -0.25) is 4.79 Å². The highest BCUT2D eigenvalue weighted by Crippen LogP contribution is 2.26. The Morgan fingerprint density at radius 2 is 1.76 bits per heavy atom. The van der Waals surface area contributed by atoms with Gasteiger partial charge >= 0.3 is 0 Å². The monoisotopic (exact) mass is 393 g/mol. The second-order valence-corrected chi connectivity index (χ2v) is 7.55. The molecule has 0 radical (unpaired) electrons. The van der Waals surface area contributed by atoms with Crippen molar-refractivity contribution in [3.05, 3.63) is 77.3 Å². The highest BCUT2D eigenvalue weighted by atomic mass is 19.1. The van der Waals surface area contributed by atoms with E-state index in [0.29, 0.717) is 24.6 Å². The third kappa shape index (κ3) is 4.34. The molecule has 3 aromatic rings. The molecule has 1 aromatic heterocycles. The quantitative estimate of drug-likeness (QED) is 0.597. The second kappa shape index (κ2) is 8.11. The number of ether oxygens (including phenoxy) is 1. The topological polar surface area (TPSA) is 42.7 Å². The van der Waals surface area contributed by atoms with Gasteiger partial charge in [0, 0.05) is 31.5 Å². The van der Waals surface area contributed by atoms with Gasteiger partial charge in [-0.05, 0) is 67.4 Å². The zero-order valence-electron chi connectivity index (χ0n) is 16.7. The van der Waals surface area contributed by atoms with Crippen LogP contribution in [0.25, 0.3) is 11.3 Å². The summed E-state index contributed by atoms with van der Waals surface area (Å²) in [5.41, 5.74) is 3.04. The molecule has 29 heavy (non-hydrogen) atoms. The van der Waals surface area contributed by atoms with Gasteiger partial charge in [-0.1, -0.05) is 12.1 Å². The fourth-order valence-electron chi connectivity index (χ4n) is 3.57. The smallest absolute Gasteiger partial charge is 0.289 e. The Morgan fingerprint density at radius 3 is 2.48 bits per heavy atom. The number of amides is 1. The van der Waals surface area contributed by atoms with Gasteiger partial charge in [0.1, 0.15) is 23.4 Å². The Balaban J connectivity index is 1.37. The lowest BCUT2D eigenvalue weighted by atomic mass is 10.1. The maximum Gasteiger partial charge on any atom is 0.289 e. The van der Waals surface area contributed by atoms with Gasteiger partial charge in [0.2, 0.25) is 0 Å². The molecule has 1 aliphatic rings. The summed E-state index contributed by atoms with van der Waals surface area (Å²) in [6, 6.07) is 15.7. The summed E-state index contributed by atoms with van der Waals surface area (Å²) in [6.07, 6.45) is 1.67. The zero-order chi connectivity index (χ0) is 20.4. The molecule has 4 nitrogen and oxygen atoms in total. The van der Waals surface area contributed by atoms with Crippen LogP contribution in [0.5, 0.6) is 5.75 Å². The minimum atomic E-state index is -0.303. The lowest BCUT2D eigenvalue weighted by molar-refractivity contribution is 0.0566. The first-order chi connectivity index (χ1) is 14.0. The van der Waals surface area contributed by atoms with E-state index in [-0.39, 0.29) is 17.8 Å². The van der Waals surface area contributed by atoms with Crippen LogP contribution in [0.2, 0.25) is 0 Å². The van der Waals surface area contributed by atoms with Crippen LogP contribution < -0.4 is 4.74 Å². The van der Waals surface area contributed by atoms with Crippen molar-refractivity contribution in [3.8, 4) is 17.1 Å². The lowest BCUT2D eigenvalue weighted by Gasteiger charge is -2.32. The third-order valence-corrected chi connectivity index (χ3v) is 5.31. The van der Waals surface area contributed by atoms with Crippen LogP contribution in [0.3, 0.4) is 0 Å². The zero-order valence-corrected chi connectivity index (χ0v) is 16.7. The van der Waals surface area contributed by atoms with Gasteiger partial charge in [-0.15, -0.1) is 0 Å². The summed E-state index contributed by atoms with van der Waals surface area (Å²) in [6.45, 7) is 5.35. The van der Waals surface area contributed by atoms with Crippen LogP contribution in [-0.2, 0) is 0 Å². The van der Waals surface area contributed by atoms with Gasteiger partial charge in [0.15, 0.2) is 5.76 Å². The summed E-state index contributed by atoms with van der Waals surface area (Å²) < 4.78 is 25.0. The van der Waals surface area contributed by atoms with Crippen molar-refractivity contribution in [1.82, 2.24) is 4.90 Å². The molecule has 0 aliphatic carbocycles. The van der Waals surface area contributed by atoms with E-state index in [1.165, 1.54) is 17.7 Å². The molecule has 1 saturated heterocycles. The van der Waals surface area contributed by atoms with Crippen molar-refractivity contribution in [2.75, 3.05) is 13.1 Å². The van der Waals surface area contributed by atoms with Crippen molar-refractivity contribution >= 4 is 5.91 Å². The number of carbonyl (C=O) groups excluding carboxylic acids is 1. The van der Waals surface area contributed by atoms with E-state index in [2.05, 4.69) is 25.1 Å². The molecule has 0 atom stereocenters. The average molecular weight is 393 g/mol. The molecule has 0 spiro atoms. The van der Waals surface area contributed by atoms with Gasteiger partial charge in [0.25, 0.3) is 5.91 Å². The summed E-state index contributed by atoms with van der Waals surface area (Å²) in [4.78, 5) is 14.6. The van der Waals surface area contributed by atoms with Crippen LogP contribution in [0.4, 0.5) is 4.39 Å². The van der Waals surface area contributed by atoms with Crippen molar-refractivity contribution in [3.63, 3.8) is 0 Å². The predicted molar refractivity (Wildman–Crippen MR) is 110 cm³/mol. The summed E-state index contributed by atoms with van der Waals surface area (Å²) >= 11 is 0. The Hall–Kier alpha value is -3.08. The molecular formula is C24H24FNO3. The molecule has 2 aromatic carbocycles. The van der Waals surface area contributed by atoms with Gasteiger partial charge in [0.05, 0.1) is 0 Å². The molecule has 2 heterocycles. The van der Waals surface area contributed by atoms with E-state index >= 15 is 0 Å². The first-order valence-electron chi connectivity index (χ1n) is 9.88. The van der Waals surface area contributed by atoms with Crippen LogP contribution in [0.15, 0.2) is 59.0 Å². The second-order valence-electron chi connectivity index (χ2n) is 7.55. The average Bonchev–Trinajstić information content (AvgIpc) is 3.21. The maximum atomic E-state index is 13.1. The molecule has 4 rings (SSSR count). The Labute approximate surface area is 169 Å². The minimum Gasteiger partial charge on any atom is -0.490 e. The fourth-order valence-corrected chi connectivity index (χ4v) is 3.57. The number of piperidine rings is 1. The summed E-state index contributed by atoms with van der Waals surface area (Å²) in [5.74, 6) is 1.36. The summed E-state index contributed by atoms with van der Waals surface area (Å²) in [5, 5.41) is 0. The number of hydrogen-bond acceptors (Lipinski definition) is 3. The van der Waals surface area contributed by atoms with Crippen LogP contribution >= 0.6 is 0 Å². The Morgan fingerprint density at radius 1 is 1.03 bits per heavy atom. The molecule has 0 saturated carbocycles. The normalized spacial score (nSPS) is 14.8. The molecule has 150 valence electrons. The van der Waals surface area contributed by atoms with Crippen LogP contribution in [0, 0.1) is 19.7 Å². The minimum absolute atomic E-state index is 0.103. The molecular weight excluding hydrogens is 369 g/mol. The molecule has 1 amide bonds. The molecule has 0 N–H and O–H groups in total. The number of aryl methyl sites for hydroxylation is 2. The third-order valence-electron chi connectivity index (χ3n) is 5.31. The number of rotatable bonds is 4. The van der Waals surface area contributed by atoms with E-state index in [1.807, 2.05) is 6.92 Å². The van der Waals surface area contributed by atoms with E-state index in [0.717, 1.165) is 29.7 Å². The Bertz CT molecular complexity index is 1000. The van der Waals surface area contributed by atoms with Crippen molar-refractivity contribution in [2.45, 2.75) is 32.8 Å². The number of carbonyl (C=O) groups is 1. The van der Waals surface area contributed by atoms with Gasteiger partial charge in [-0.2, -0.15) is 0 Å². The Kier molecular flexibility index (Phi) is 5.38. The number of benzene rings is 2. The van der Waals surface area contributed by atoms with Crippen molar-refractivity contribution < 1.29 is 18.3 Å². The highest BCUT2D eigenvalue weighted by molar-refractivity contribution is 5.92. The number of hydrogen-bond donors (Lipinski definition) is 0. The van der Waals surface area contributed by atoms with E-state index < -0.39 is 0 Å². The van der Waals surface area contributed by atoms with E-state index in [1.54, 1.807) is 29.2 Å². The van der Waals surface area contributed by atoms with E-state index in [9.17, 15) is 9.18 Å². The molecule has 1 fully saturated rings. The van der Waals surface area contributed by atoms with E-state index in [4.69, 9.17) is 9.15 Å². The van der Waals surface area contributed by atoms with Crippen molar-refractivity contribution in [1.29, 1.82) is 0 Å². The molecule has 1 aliphatic heterocycles. The van der Waals surface area contributed by atoms with Gasteiger partial charge in [-0.25, -0.2) is 4.39 Å². The number of halogens is 1. The SMILES string of the molecule is Cc1ccc(C)c(OC2CCN(C(=O)c3ccc(-c4ccc(F)cc4)o3)CC2)c1. The largest absolute Gasteiger partial charge is 0.490 e. The van der Waals surface area contributed by atoms with Crippen molar-refractivity contribution in [2.24, 2.45) is 0 Å². The molecule has 5 heteroatoms. The number of likely N-dealkylation sites (tertiary alicyclic amines) is 1. The van der Waals surface area contributed by atoms with Crippen LogP contribution in [-0.4, -0.2) is 30.0 Å². The molecule has 0 bridgehead atoms. The molecule has 0 unspecified atom stereocenters. The lowest BCUT2D eigenvalue weighted by Crippen LogP contribution is -2.41. The fraction of sp³-hybridized carbons (Fsp3) is 0.292. The van der Waals surface area contributed by atoms with Gasteiger partial charge < -0.3 is 14.1 Å². The summed E-state index contributed by atoms with van der Waals surface area (Å²) in [7, 11) is 0. The number of furan rings is 1. The highest BCUT2D eigenvalue weighted by Gasteiger charge is 2.26. The first-order valence-corrected chi connectivity index (χ1v) is 9.88. The number of nitrogens with zero attached hydrogens (tertiary/aromatic N) is 1. The van der Waals surface area contributed by atoms with Crippen LogP contribution in [0.1, 0.15) is 34.5 Å². The first kappa shape index (κ1) is 19.2. The standard InChI is InChI=1S/C24H24FNO3/c1-16-3-4-17(2)23(15-16)28-20-11-13-26(14-12-20)24(27)22-10-9-21(29-22)18-5-7-19(25)8-6-18/h3-10,15,20H,11-14H2,1-2H3. The maximum absolute atomic E-state index is 13.1.